The number of carbonyl (C=O) groups is 1. The highest BCUT2D eigenvalue weighted by atomic mass is 79.9. The number of amides is 1. The van der Waals surface area contributed by atoms with E-state index in [0.29, 0.717) is 10.7 Å². The fraction of sp³-hybridized carbons (Fsp3) is 0.444. The molecule has 1 aromatic rings. The van der Waals surface area contributed by atoms with Gasteiger partial charge in [0.1, 0.15) is 5.69 Å². The van der Waals surface area contributed by atoms with Crippen LogP contribution in [0, 0.1) is 0 Å². The largest absolute Gasteiger partial charge is 0.344 e. The highest BCUT2D eigenvalue weighted by Crippen LogP contribution is 2.11. The summed E-state index contributed by atoms with van der Waals surface area (Å²) >= 11 is 6.64. The van der Waals surface area contributed by atoms with E-state index in [-0.39, 0.29) is 17.2 Å². The topological polar surface area (TPSA) is 74.8 Å². The van der Waals surface area contributed by atoms with Crippen LogP contribution < -0.4 is 10.9 Å². The molecule has 1 heterocycles. The maximum atomic E-state index is 11.8. The van der Waals surface area contributed by atoms with Crippen LogP contribution in [0.1, 0.15) is 17.4 Å². The van der Waals surface area contributed by atoms with Gasteiger partial charge < -0.3 is 5.32 Å². The summed E-state index contributed by atoms with van der Waals surface area (Å²) < 4.78 is 0. The summed E-state index contributed by atoms with van der Waals surface area (Å²) in [6, 6.07) is 2.65. The molecule has 0 aliphatic rings. The molecule has 0 aliphatic carbocycles. The maximum Gasteiger partial charge on any atom is 0.272 e. The summed E-state index contributed by atoms with van der Waals surface area (Å²) in [5.74, 6) is -0.322. The highest BCUT2D eigenvalue weighted by Gasteiger charge is 2.24. The van der Waals surface area contributed by atoms with Gasteiger partial charge in [-0.05, 0) is 13.0 Å². The van der Waals surface area contributed by atoms with Gasteiger partial charge in [0, 0.05) is 16.7 Å². The third-order valence-electron chi connectivity index (χ3n) is 1.92. The lowest BCUT2D eigenvalue weighted by Gasteiger charge is -2.25. The molecule has 0 unspecified atom stereocenters. The Morgan fingerprint density at radius 1 is 1.50 bits per heavy atom. The third-order valence-corrected chi connectivity index (χ3v) is 4.39. The quantitative estimate of drug-likeness (QED) is 0.795. The summed E-state index contributed by atoms with van der Waals surface area (Å²) in [6.07, 6.45) is 0. The number of alkyl halides is 2. The monoisotopic (exact) mass is 351 g/mol. The van der Waals surface area contributed by atoms with Gasteiger partial charge in [-0.1, -0.05) is 31.9 Å². The van der Waals surface area contributed by atoms with E-state index in [9.17, 15) is 9.59 Å². The van der Waals surface area contributed by atoms with E-state index in [4.69, 9.17) is 0 Å². The molecule has 0 saturated heterocycles. The minimum atomic E-state index is -0.394. The summed E-state index contributed by atoms with van der Waals surface area (Å²) in [4.78, 5) is 22.5. The van der Waals surface area contributed by atoms with Crippen molar-refractivity contribution in [3.8, 4) is 0 Å². The second-order valence-electron chi connectivity index (χ2n) is 3.59. The van der Waals surface area contributed by atoms with E-state index >= 15 is 0 Å². The molecule has 0 aliphatic heterocycles. The molecule has 1 aromatic heterocycles. The molecule has 0 aromatic carbocycles. The molecule has 1 amide bonds. The second-order valence-corrected chi connectivity index (χ2v) is 4.71. The molecule has 88 valence electrons. The predicted octanol–water partition coefficient (Wildman–Crippen LogP) is 1.05. The Hall–Kier alpha value is -0.690. The second kappa shape index (κ2) is 5.58. The van der Waals surface area contributed by atoms with Crippen molar-refractivity contribution in [2.75, 3.05) is 10.7 Å². The number of aromatic amines is 1. The van der Waals surface area contributed by atoms with Crippen LogP contribution >= 0.6 is 31.9 Å². The van der Waals surface area contributed by atoms with Gasteiger partial charge >= 0.3 is 0 Å². The minimum Gasteiger partial charge on any atom is -0.344 e. The molecule has 0 atom stereocenters. The number of nitrogens with zero attached hydrogens (tertiary/aromatic N) is 1. The number of H-pyrrole nitrogens is 1. The summed E-state index contributed by atoms with van der Waals surface area (Å²) in [7, 11) is 0. The first-order valence-electron chi connectivity index (χ1n) is 4.51. The maximum absolute atomic E-state index is 11.8. The van der Waals surface area contributed by atoms with Gasteiger partial charge in [0.2, 0.25) is 0 Å². The Morgan fingerprint density at radius 2 is 2.12 bits per heavy atom. The molecule has 5 nitrogen and oxygen atoms in total. The number of nitrogens with one attached hydrogen (secondary N) is 2. The SMILES string of the molecule is CC(CBr)(CBr)NC(=O)c1ccc(=O)[nH]n1. The Balaban J connectivity index is 2.80. The van der Waals surface area contributed by atoms with Crippen molar-refractivity contribution in [2.24, 2.45) is 0 Å². The van der Waals surface area contributed by atoms with Gasteiger partial charge in [0.05, 0.1) is 5.54 Å². The number of hydrogen-bond acceptors (Lipinski definition) is 3. The molecule has 1 rings (SSSR count). The zero-order chi connectivity index (χ0) is 12.2. The average Bonchev–Trinajstić information content (AvgIpc) is 2.29. The van der Waals surface area contributed by atoms with Crippen molar-refractivity contribution in [1.82, 2.24) is 15.5 Å². The van der Waals surface area contributed by atoms with E-state index in [0.717, 1.165) is 0 Å². The Morgan fingerprint density at radius 3 is 2.56 bits per heavy atom. The van der Waals surface area contributed by atoms with Crippen LogP contribution in [0.15, 0.2) is 16.9 Å². The van der Waals surface area contributed by atoms with Crippen LogP contribution in [-0.2, 0) is 0 Å². The number of carbonyl (C=O) groups excluding carboxylic acids is 1. The highest BCUT2D eigenvalue weighted by molar-refractivity contribution is 9.09. The van der Waals surface area contributed by atoms with Crippen LogP contribution in [0.3, 0.4) is 0 Å². The summed E-state index contributed by atoms with van der Waals surface area (Å²) in [5, 5.41) is 9.90. The first kappa shape index (κ1) is 13.4. The van der Waals surface area contributed by atoms with Crippen molar-refractivity contribution in [2.45, 2.75) is 12.5 Å². The number of aromatic nitrogens is 2. The van der Waals surface area contributed by atoms with Crippen LogP contribution in [0.25, 0.3) is 0 Å². The third kappa shape index (κ3) is 3.41. The number of rotatable bonds is 4. The van der Waals surface area contributed by atoms with E-state index in [2.05, 4.69) is 47.4 Å². The van der Waals surface area contributed by atoms with Crippen molar-refractivity contribution >= 4 is 37.8 Å². The van der Waals surface area contributed by atoms with E-state index in [1.165, 1.54) is 12.1 Å². The Labute approximate surface area is 109 Å². The molecule has 2 N–H and O–H groups in total. The Kier molecular flexibility index (Phi) is 4.67. The zero-order valence-corrected chi connectivity index (χ0v) is 11.8. The smallest absolute Gasteiger partial charge is 0.272 e. The lowest BCUT2D eigenvalue weighted by molar-refractivity contribution is 0.0916. The predicted molar refractivity (Wildman–Crippen MR) is 68.3 cm³/mol. The van der Waals surface area contributed by atoms with Crippen molar-refractivity contribution in [3.05, 3.63) is 28.2 Å². The minimum absolute atomic E-state index is 0.188. The first-order valence-corrected chi connectivity index (χ1v) is 6.75. The number of hydrogen-bond donors (Lipinski definition) is 2. The lowest BCUT2D eigenvalue weighted by atomic mass is 10.1. The zero-order valence-electron chi connectivity index (χ0n) is 8.59. The molecule has 7 heteroatoms. The molecule has 0 bridgehead atoms. The first-order chi connectivity index (χ1) is 7.50. The summed E-state index contributed by atoms with van der Waals surface area (Å²) in [6.45, 7) is 1.89. The standard InChI is InChI=1S/C9H11Br2N3O2/c1-9(4-10,5-11)12-8(16)6-2-3-7(15)14-13-6/h2-3H,4-5H2,1H3,(H,12,16)(H,14,15). The Bertz CT molecular complexity index is 409. The lowest BCUT2D eigenvalue weighted by Crippen LogP contribution is -2.49. The van der Waals surface area contributed by atoms with E-state index in [1.807, 2.05) is 6.92 Å². The summed E-state index contributed by atoms with van der Waals surface area (Å²) in [5.41, 5.74) is -0.539. The molecule has 16 heavy (non-hydrogen) atoms. The molecule has 0 spiro atoms. The molecule has 0 saturated carbocycles. The molecular weight excluding hydrogens is 342 g/mol. The van der Waals surface area contributed by atoms with Crippen molar-refractivity contribution in [3.63, 3.8) is 0 Å². The molecule has 0 fully saturated rings. The molecular formula is C9H11Br2N3O2. The fourth-order valence-corrected chi connectivity index (χ4v) is 2.12. The molecule has 0 radical (unpaired) electrons. The van der Waals surface area contributed by atoms with Crippen molar-refractivity contribution < 1.29 is 4.79 Å². The average molecular weight is 353 g/mol. The number of halogens is 2. The van der Waals surface area contributed by atoms with Gasteiger partial charge in [0.15, 0.2) is 0 Å². The van der Waals surface area contributed by atoms with Crippen LogP contribution in [-0.4, -0.2) is 32.3 Å². The van der Waals surface area contributed by atoms with E-state index in [1.54, 1.807) is 0 Å². The van der Waals surface area contributed by atoms with Crippen LogP contribution in [0.5, 0.6) is 0 Å². The van der Waals surface area contributed by atoms with Gasteiger partial charge in [0.25, 0.3) is 11.5 Å². The van der Waals surface area contributed by atoms with Gasteiger partial charge in [-0.25, -0.2) is 5.10 Å². The van der Waals surface area contributed by atoms with Gasteiger partial charge in [-0.15, -0.1) is 0 Å². The van der Waals surface area contributed by atoms with Crippen molar-refractivity contribution in [1.29, 1.82) is 0 Å². The normalized spacial score (nSPS) is 11.2. The van der Waals surface area contributed by atoms with Gasteiger partial charge in [-0.2, -0.15) is 5.10 Å². The fourth-order valence-electron chi connectivity index (χ4n) is 0.912. The van der Waals surface area contributed by atoms with Crippen LogP contribution in [0.2, 0.25) is 0 Å². The van der Waals surface area contributed by atoms with E-state index < -0.39 is 5.54 Å². The van der Waals surface area contributed by atoms with Crippen LogP contribution in [0.4, 0.5) is 0 Å². The van der Waals surface area contributed by atoms with Gasteiger partial charge in [-0.3, -0.25) is 9.59 Å².